The van der Waals surface area contributed by atoms with E-state index in [9.17, 15) is 26.7 Å². The van der Waals surface area contributed by atoms with Gasteiger partial charge in [-0.15, -0.1) is 17.8 Å². The SMILES string of the molecule is C#Cc1ccccc1[C@@H](NS(=O)(=O)C1CC1)c1cc2cccc(-c3cc([C@@](C)(O)C(F)(F)F)ccn3)c2s1. The van der Waals surface area contributed by atoms with Crippen LogP contribution in [0.3, 0.4) is 0 Å². The van der Waals surface area contributed by atoms with Crippen LogP contribution in [0.4, 0.5) is 13.2 Å². The van der Waals surface area contributed by atoms with Gasteiger partial charge in [0.2, 0.25) is 10.0 Å². The van der Waals surface area contributed by atoms with Gasteiger partial charge in [0.15, 0.2) is 5.60 Å². The summed E-state index contributed by atoms with van der Waals surface area (Å²) in [5.41, 5.74) is -1.38. The molecule has 0 radical (unpaired) electrons. The van der Waals surface area contributed by atoms with Crippen LogP contribution in [-0.4, -0.2) is 29.9 Å². The molecule has 196 valence electrons. The van der Waals surface area contributed by atoms with E-state index in [2.05, 4.69) is 15.6 Å². The van der Waals surface area contributed by atoms with Gasteiger partial charge in [0.25, 0.3) is 0 Å². The second-order valence-electron chi connectivity index (χ2n) is 9.40. The number of aromatic nitrogens is 1. The number of aliphatic hydroxyl groups is 1. The molecule has 0 unspecified atom stereocenters. The summed E-state index contributed by atoms with van der Waals surface area (Å²) in [4.78, 5) is 4.95. The maximum absolute atomic E-state index is 13.5. The first kappa shape index (κ1) is 26.4. The van der Waals surface area contributed by atoms with Gasteiger partial charge in [0.05, 0.1) is 17.0 Å². The standard InChI is InChI=1S/C28H23F3N2O3S2/c1-3-17-7-4-5-9-21(17)25(33-38(35,36)20-11-12-20)24-15-18-8-6-10-22(26(18)37-24)23-16-19(13-14-32-23)27(2,34)28(29,30)31/h1,4-10,13-16,20,25,33-34H,11-12H2,2H3/t25-,27-/m1/s1. The number of nitrogens with one attached hydrogen (secondary N) is 1. The van der Waals surface area contributed by atoms with Crippen LogP contribution in [0.15, 0.2) is 66.9 Å². The Bertz CT molecular complexity index is 1670. The third-order valence-electron chi connectivity index (χ3n) is 6.67. The van der Waals surface area contributed by atoms with Gasteiger partial charge in [-0.05, 0) is 60.5 Å². The van der Waals surface area contributed by atoms with E-state index in [0.717, 1.165) is 11.5 Å². The van der Waals surface area contributed by atoms with Crippen molar-refractivity contribution < 1.29 is 26.7 Å². The molecule has 2 N–H and O–H groups in total. The molecule has 1 aliphatic carbocycles. The number of hydrogen-bond donors (Lipinski definition) is 2. The molecule has 1 fully saturated rings. The largest absolute Gasteiger partial charge is 0.421 e. The quantitative estimate of drug-likeness (QED) is 0.279. The van der Waals surface area contributed by atoms with E-state index < -0.39 is 33.1 Å². The van der Waals surface area contributed by atoms with Gasteiger partial charge >= 0.3 is 6.18 Å². The molecule has 1 saturated carbocycles. The van der Waals surface area contributed by atoms with Gasteiger partial charge in [-0.25, -0.2) is 13.1 Å². The van der Waals surface area contributed by atoms with Crippen LogP contribution < -0.4 is 4.72 Å². The van der Waals surface area contributed by atoms with E-state index >= 15 is 0 Å². The van der Waals surface area contributed by atoms with E-state index in [1.807, 2.05) is 12.1 Å². The molecule has 2 heterocycles. The molecular weight excluding hydrogens is 533 g/mol. The number of sulfonamides is 1. The van der Waals surface area contributed by atoms with Crippen molar-refractivity contribution >= 4 is 31.4 Å². The molecule has 0 saturated heterocycles. The molecule has 2 atom stereocenters. The fourth-order valence-electron chi connectivity index (χ4n) is 4.27. The average Bonchev–Trinajstić information content (AvgIpc) is 3.66. The summed E-state index contributed by atoms with van der Waals surface area (Å²) in [6.45, 7) is 0.704. The van der Waals surface area contributed by atoms with Crippen molar-refractivity contribution in [2.45, 2.75) is 42.8 Å². The van der Waals surface area contributed by atoms with Crippen LogP contribution >= 0.6 is 11.3 Å². The Hall–Kier alpha value is -3.23. The summed E-state index contributed by atoms with van der Waals surface area (Å²) in [5, 5.41) is 10.5. The summed E-state index contributed by atoms with van der Waals surface area (Å²) in [7, 11) is -3.60. The summed E-state index contributed by atoms with van der Waals surface area (Å²) < 4.78 is 70.0. The van der Waals surface area contributed by atoms with Crippen molar-refractivity contribution in [3.63, 3.8) is 0 Å². The summed E-state index contributed by atoms with van der Waals surface area (Å²) in [6.07, 6.45) is 3.28. The fourth-order valence-corrected chi connectivity index (χ4v) is 7.12. The predicted octanol–water partition coefficient (Wildman–Crippen LogP) is 5.89. The zero-order chi connectivity index (χ0) is 27.3. The molecule has 0 amide bonds. The van der Waals surface area contributed by atoms with Gasteiger partial charge in [-0.2, -0.15) is 13.2 Å². The highest BCUT2D eigenvalue weighted by Gasteiger charge is 2.51. The highest BCUT2D eigenvalue weighted by atomic mass is 32.2. The van der Waals surface area contributed by atoms with Gasteiger partial charge in [0, 0.05) is 26.9 Å². The van der Waals surface area contributed by atoms with E-state index in [-0.39, 0.29) is 11.3 Å². The molecule has 1 aliphatic rings. The lowest BCUT2D eigenvalue weighted by atomic mass is 9.94. The molecule has 2 aromatic carbocycles. The third-order valence-corrected chi connectivity index (χ3v) is 9.83. The van der Waals surface area contributed by atoms with Crippen LogP contribution in [-0.2, 0) is 15.6 Å². The highest BCUT2D eigenvalue weighted by Crippen LogP contribution is 2.42. The van der Waals surface area contributed by atoms with Crippen molar-refractivity contribution in [3.05, 3.63) is 88.4 Å². The zero-order valence-electron chi connectivity index (χ0n) is 20.2. The Morgan fingerprint density at radius 1 is 1.13 bits per heavy atom. The maximum atomic E-state index is 13.5. The summed E-state index contributed by atoms with van der Waals surface area (Å²) in [6, 6.07) is 15.9. The molecule has 5 nitrogen and oxygen atoms in total. The van der Waals surface area contributed by atoms with Crippen LogP contribution in [0.1, 0.15) is 47.4 Å². The number of benzene rings is 2. The molecule has 10 heteroatoms. The van der Waals surface area contributed by atoms with Crippen molar-refractivity contribution in [2.24, 2.45) is 0 Å². The first-order chi connectivity index (χ1) is 17.9. The molecule has 4 aromatic rings. The topological polar surface area (TPSA) is 79.3 Å². The summed E-state index contributed by atoms with van der Waals surface area (Å²) in [5.74, 6) is 2.62. The van der Waals surface area contributed by atoms with Crippen LogP contribution in [0.25, 0.3) is 21.3 Å². The first-order valence-electron chi connectivity index (χ1n) is 11.8. The minimum Gasteiger partial charge on any atom is -0.376 e. The number of pyridine rings is 1. The average molecular weight is 557 g/mol. The molecule has 2 aromatic heterocycles. The number of fused-ring (bicyclic) bond motifs is 1. The molecule has 0 bridgehead atoms. The van der Waals surface area contributed by atoms with Gasteiger partial charge in [-0.1, -0.05) is 42.3 Å². The second kappa shape index (κ2) is 9.50. The third kappa shape index (κ3) is 4.83. The molecule has 38 heavy (non-hydrogen) atoms. The van der Waals surface area contributed by atoms with E-state index in [1.165, 1.54) is 23.6 Å². The Labute approximate surface area is 222 Å². The highest BCUT2D eigenvalue weighted by molar-refractivity contribution is 7.90. The van der Waals surface area contributed by atoms with Crippen LogP contribution in [0.2, 0.25) is 0 Å². The van der Waals surface area contributed by atoms with E-state index in [1.54, 1.807) is 36.4 Å². The van der Waals surface area contributed by atoms with Crippen molar-refractivity contribution in [1.82, 2.24) is 9.71 Å². The number of halogens is 3. The molecular formula is C28H23F3N2O3S2. The smallest absolute Gasteiger partial charge is 0.376 e. The normalized spacial score (nSPS) is 16.6. The van der Waals surface area contributed by atoms with Gasteiger partial charge in [-0.3, -0.25) is 4.98 Å². The second-order valence-corrected chi connectivity index (χ2v) is 12.5. The number of nitrogens with zero attached hydrogens (tertiary/aromatic N) is 1. The van der Waals surface area contributed by atoms with Crippen molar-refractivity contribution in [3.8, 4) is 23.6 Å². The Morgan fingerprint density at radius 3 is 2.55 bits per heavy atom. The van der Waals surface area contributed by atoms with Crippen LogP contribution in [0, 0.1) is 12.3 Å². The monoisotopic (exact) mass is 556 g/mol. The lowest BCUT2D eigenvalue weighted by Gasteiger charge is -2.26. The van der Waals surface area contributed by atoms with E-state index in [4.69, 9.17) is 6.42 Å². The number of terminal acetylenes is 1. The maximum Gasteiger partial charge on any atom is 0.421 e. The number of thiophene rings is 1. The Balaban J connectivity index is 1.64. The van der Waals surface area contributed by atoms with Gasteiger partial charge in [0.1, 0.15) is 0 Å². The summed E-state index contributed by atoms with van der Waals surface area (Å²) >= 11 is 1.31. The van der Waals surface area contributed by atoms with Crippen molar-refractivity contribution in [2.75, 3.05) is 0 Å². The minimum absolute atomic E-state index is 0.255. The number of rotatable bonds is 7. The fraction of sp³-hybridized carbons (Fsp3) is 0.250. The Morgan fingerprint density at radius 2 is 1.87 bits per heavy atom. The lowest BCUT2D eigenvalue weighted by molar-refractivity contribution is -0.258. The number of hydrogen-bond acceptors (Lipinski definition) is 5. The minimum atomic E-state index is -4.87. The zero-order valence-corrected chi connectivity index (χ0v) is 21.8. The molecule has 0 aliphatic heterocycles. The van der Waals surface area contributed by atoms with Crippen molar-refractivity contribution in [1.29, 1.82) is 0 Å². The first-order valence-corrected chi connectivity index (χ1v) is 14.1. The Kier molecular flexibility index (Phi) is 6.60. The molecule has 5 rings (SSSR count). The number of alkyl halides is 3. The lowest BCUT2D eigenvalue weighted by Crippen LogP contribution is -2.39. The predicted molar refractivity (Wildman–Crippen MR) is 142 cm³/mol. The van der Waals surface area contributed by atoms with Gasteiger partial charge < -0.3 is 5.11 Å². The van der Waals surface area contributed by atoms with Crippen LogP contribution in [0.5, 0.6) is 0 Å². The molecule has 0 spiro atoms. The van der Waals surface area contributed by atoms with E-state index in [0.29, 0.717) is 46.0 Å².